The molecule has 2 aromatic carbocycles. The molecular formula is C25H28ClN3O3. The number of carbonyl (C=O) groups is 2. The Morgan fingerprint density at radius 1 is 0.906 bits per heavy atom. The molecule has 1 fully saturated rings. The fraction of sp³-hybridized carbons (Fsp3) is 0.360. The van der Waals surface area contributed by atoms with Crippen molar-refractivity contribution in [1.29, 1.82) is 0 Å². The smallest absolute Gasteiger partial charge is 0.278 e. The van der Waals surface area contributed by atoms with Gasteiger partial charge in [-0.15, -0.1) is 0 Å². The Morgan fingerprint density at radius 2 is 1.56 bits per heavy atom. The normalized spacial score (nSPS) is 17.5. The van der Waals surface area contributed by atoms with Crippen molar-refractivity contribution in [2.75, 3.05) is 39.8 Å². The van der Waals surface area contributed by atoms with Crippen LogP contribution in [0.15, 0.2) is 54.2 Å². The van der Waals surface area contributed by atoms with E-state index in [1.54, 1.807) is 12.1 Å². The van der Waals surface area contributed by atoms with Crippen LogP contribution in [0.3, 0.4) is 0 Å². The summed E-state index contributed by atoms with van der Waals surface area (Å²) in [5, 5.41) is 0.621. The van der Waals surface area contributed by atoms with Crippen LogP contribution in [-0.4, -0.2) is 66.3 Å². The van der Waals surface area contributed by atoms with E-state index in [0.29, 0.717) is 36.0 Å². The third kappa shape index (κ3) is 4.66. The highest BCUT2D eigenvalue weighted by molar-refractivity contribution is 6.35. The molecule has 0 aliphatic carbocycles. The Kier molecular flexibility index (Phi) is 6.82. The second-order valence-corrected chi connectivity index (χ2v) is 8.65. The zero-order valence-electron chi connectivity index (χ0n) is 18.5. The van der Waals surface area contributed by atoms with Gasteiger partial charge in [-0.3, -0.25) is 14.5 Å². The van der Waals surface area contributed by atoms with Crippen molar-refractivity contribution >= 4 is 29.0 Å². The summed E-state index contributed by atoms with van der Waals surface area (Å²) >= 11 is 5.99. The number of imide groups is 1. The van der Waals surface area contributed by atoms with Gasteiger partial charge in [0.2, 0.25) is 0 Å². The predicted molar refractivity (Wildman–Crippen MR) is 125 cm³/mol. The minimum Gasteiger partial charge on any atom is -0.494 e. The summed E-state index contributed by atoms with van der Waals surface area (Å²) in [5.74, 6) is 0.254. The van der Waals surface area contributed by atoms with E-state index >= 15 is 0 Å². The highest BCUT2D eigenvalue weighted by atomic mass is 35.5. The quantitative estimate of drug-likeness (QED) is 0.599. The van der Waals surface area contributed by atoms with E-state index < -0.39 is 0 Å². The number of piperazine rings is 1. The number of halogens is 1. The van der Waals surface area contributed by atoms with Crippen molar-refractivity contribution < 1.29 is 14.3 Å². The van der Waals surface area contributed by atoms with Crippen LogP contribution >= 0.6 is 11.6 Å². The first-order valence-corrected chi connectivity index (χ1v) is 11.4. The Morgan fingerprint density at radius 3 is 2.19 bits per heavy atom. The van der Waals surface area contributed by atoms with E-state index in [2.05, 4.69) is 23.8 Å². The van der Waals surface area contributed by atoms with Gasteiger partial charge in [0.15, 0.2) is 0 Å². The van der Waals surface area contributed by atoms with Gasteiger partial charge in [0.05, 0.1) is 18.7 Å². The molecule has 6 nitrogen and oxygen atoms in total. The Labute approximate surface area is 194 Å². The first-order valence-electron chi connectivity index (χ1n) is 11.0. The maximum atomic E-state index is 13.5. The number of likely N-dealkylation sites (N-methyl/N-ethyl adjacent to an activating group) is 1. The molecule has 2 aromatic rings. The average molecular weight is 454 g/mol. The van der Waals surface area contributed by atoms with Crippen molar-refractivity contribution in [3.63, 3.8) is 0 Å². The van der Waals surface area contributed by atoms with Crippen molar-refractivity contribution in [1.82, 2.24) is 14.7 Å². The lowest BCUT2D eigenvalue weighted by Crippen LogP contribution is -2.46. The van der Waals surface area contributed by atoms with Gasteiger partial charge >= 0.3 is 0 Å². The van der Waals surface area contributed by atoms with E-state index in [1.807, 2.05) is 36.4 Å². The second-order valence-electron chi connectivity index (χ2n) is 8.21. The standard InChI is InChI=1S/C25H28ClN3O3/c1-3-16-32-21-10-6-19(7-11-21)22-23(28-14-12-27(2)13-15-28)25(31)29(24(22)30)17-18-4-8-20(26)9-5-18/h4-11H,3,12-17H2,1-2H3. The largest absolute Gasteiger partial charge is 0.494 e. The van der Waals surface area contributed by atoms with Gasteiger partial charge in [0.25, 0.3) is 11.8 Å². The van der Waals surface area contributed by atoms with E-state index in [1.165, 1.54) is 4.90 Å². The van der Waals surface area contributed by atoms with Crippen LogP contribution < -0.4 is 4.74 Å². The number of hydrogen-bond acceptors (Lipinski definition) is 5. The van der Waals surface area contributed by atoms with Crippen molar-refractivity contribution in [2.45, 2.75) is 19.9 Å². The molecule has 0 saturated carbocycles. The minimum atomic E-state index is -0.263. The van der Waals surface area contributed by atoms with Crippen molar-refractivity contribution in [3.8, 4) is 5.75 Å². The van der Waals surface area contributed by atoms with E-state index in [0.717, 1.165) is 36.4 Å². The summed E-state index contributed by atoms with van der Waals surface area (Å²) in [6, 6.07) is 14.7. The van der Waals surface area contributed by atoms with Crippen LogP contribution in [0.2, 0.25) is 5.02 Å². The molecule has 7 heteroatoms. The average Bonchev–Trinajstić information content (AvgIpc) is 3.05. The van der Waals surface area contributed by atoms with E-state index in [9.17, 15) is 9.59 Å². The second kappa shape index (κ2) is 9.76. The molecule has 1 saturated heterocycles. The highest BCUT2D eigenvalue weighted by Gasteiger charge is 2.42. The van der Waals surface area contributed by atoms with Crippen LogP contribution in [0.25, 0.3) is 5.57 Å². The lowest BCUT2D eigenvalue weighted by Gasteiger charge is -2.34. The number of hydrogen-bond donors (Lipinski definition) is 0. The lowest BCUT2D eigenvalue weighted by molar-refractivity contribution is -0.138. The van der Waals surface area contributed by atoms with Crippen molar-refractivity contribution in [3.05, 3.63) is 70.4 Å². The van der Waals surface area contributed by atoms with E-state index in [-0.39, 0.29) is 18.4 Å². The number of ether oxygens (including phenoxy) is 1. The summed E-state index contributed by atoms with van der Waals surface area (Å²) in [5.41, 5.74) is 2.56. The number of carbonyl (C=O) groups excluding carboxylic acids is 2. The minimum absolute atomic E-state index is 0.216. The summed E-state index contributed by atoms with van der Waals surface area (Å²) in [7, 11) is 2.07. The molecule has 4 rings (SSSR count). The van der Waals surface area contributed by atoms with E-state index in [4.69, 9.17) is 16.3 Å². The molecule has 2 aliphatic rings. The zero-order valence-corrected chi connectivity index (χ0v) is 19.3. The summed E-state index contributed by atoms with van der Waals surface area (Å²) in [4.78, 5) is 32.6. The van der Waals surface area contributed by atoms with Gasteiger partial charge in [0.1, 0.15) is 11.4 Å². The molecule has 32 heavy (non-hydrogen) atoms. The lowest BCUT2D eigenvalue weighted by atomic mass is 10.0. The molecule has 0 unspecified atom stereocenters. The predicted octanol–water partition coefficient (Wildman–Crippen LogP) is 3.66. The molecule has 0 atom stereocenters. The van der Waals surface area contributed by atoms with Crippen LogP contribution in [0.4, 0.5) is 0 Å². The molecule has 0 radical (unpaired) electrons. The molecule has 2 heterocycles. The van der Waals surface area contributed by atoms with Gasteiger partial charge in [0, 0.05) is 31.2 Å². The molecule has 168 valence electrons. The first kappa shape index (κ1) is 22.4. The third-order valence-electron chi connectivity index (χ3n) is 5.83. The summed E-state index contributed by atoms with van der Waals surface area (Å²) in [6.07, 6.45) is 0.924. The Balaban J connectivity index is 1.67. The number of nitrogens with zero attached hydrogens (tertiary/aromatic N) is 3. The molecular weight excluding hydrogens is 426 g/mol. The van der Waals surface area contributed by atoms with Gasteiger partial charge in [-0.1, -0.05) is 42.8 Å². The summed E-state index contributed by atoms with van der Waals surface area (Å²) in [6.45, 7) is 6.02. The van der Waals surface area contributed by atoms with Crippen LogP contribution in [0.5, 0.6) is 5.75 Å². The number of benzene rings is 2. The Bertz CT molecular complexity index is 1010. The topological polar surface area (TPSA) is 53.1 Å². The number of amides is 2. The maximum Gasteiger partial charge on any atom is 0.278 e. The fourth-order valence-corrected chi connectivity index (χ4v) is 4.13. The monoisotopic (exact) mass is 453 g/mol. The van der Waals surface area contributed by atoms with Crippen LogP contribution in [-0.2, 0) is 16.1 Å². The fourth-order valence-electron chi connectivity index (χ4n) is 4.00. The molecule has 0 aromatic heterocycles. The Hall–Kier alpha value is -2.83. The van der Waals surface area contributed by atoms with Gasteiger partial charge in [-0.2, -0.15) is 0 Å². The molecule has 0 spiro atoms. The van der Waals surface area contributed by atoms with Crippen LogP contribution in [0.1, 0.15) is 24.5 Å². The van der Waals surface area contributed by atoms with Gasteiger partial charge < -0.3 is 14.5 Å². The molecule has 0 N–H and O–H groups in total. The third-order valence-corrected chi connectivity index (χ3v) is 6.08. The van der Waals surface area contributed by atoms with Gasteiger partial charge in [-0.25, -0.2) is 0 Å². The molecule has 2 amide bonds. The van der Waals surface area contributed by atoms with Gasteiger partial charge in [-0.05, 0) is 48.9 Å². The zero-order chi connectivity index (χ0) is 22.7. The molecule has 2 aliphatic heterocycles. The first-order chi connectivity index (χ1) is 15.5. The van der Waals surface area contributed by atoms with Crippen molar-refractivity contribution in [2.24, 2.45) is 0 Å². The summed E-state index contributed by atoms with van der Waals surface area (Å²) < 4.78 is 5.68. The van der Waals surface area contributed by atoms with Crippen LogP contribution in [0, 0.1) is 0 Å². The number of rotatable bonds is 7. The SMILES string of the molecule is CCCOc1ccc(C2=C(N3CCN(C)CC3)C(=O)N(Cc3ccc(Cl)cc3)C2=O)cc1. The highest BCUT2D eigenvalue weighted by Crippen LogP contribution is 2.34. The maximum absolute atomic E-state index is 13.5. The molecule has 0 bridgehead atoms.